The highest BCUT2D eigenvalue weighted by atomic mass is 16.5. The highest BCUT2D eigenvalue weighted by Gasteiger charge is 2.19. The fraction of sp³-hybridized carbons (Fsp3) is 0.333. The number of ether oxygens (including phenoxy) is 2. The van der Waals surface area contributed by atoms with Crippen LogP contribution in [0.5, 0.6) is 5.88 Å². The second-order valence-corrected chi connectivity index (χ2v) is 3.55. The largest absolute Gasteiger partial charge is 0.481 e. The Morgan fingerprint density at radius 2 is 2.24 bits per heavy atom. The minimum atomic E-state index is -0.353. The molecular formula is C12H14N2O3. The van der Waals surface area contributed by atoms with Gasteiger partial charge >= 0.3 is 5.97 Å². The lowest BCUT2D eigenvalue weighted by Crippen LogP contribution is -2.05. The Balaban J connectivity index is 2.64. The minimum Gasteiger partial charge on any atom is -0.481 e. The number of pyridine rings is 1. The Morgan fingerprint density at radius 1 is 1.47 bits per heavy atom. The first kappa shape index (κ1) is 11.4. The third kappa shape index (κ3) is 1.84. The van der Waals surface area contributed by atoms with Crippen LogP contribution in [0.25, 0.3) is 5.52 Å². The summed E-state index contributed by atoms with van der Waals surface area (Å²) in [5.41, 5.74) is 1.82. The maximum Gasteiger partial charge on any atom is 0.342 e. The van der Waals surface area contributed by atoms with Crippen molar-refractivity contribution in [3.05, 3.63) is 29.5 Å². The van der Waals surface area contributed by atoms with E-state index in [0.29, 0.717) is 29.3 Å². The van der Waals surface area contributed by atoms with Gasteiger partial charge in [-0.05, 0) is 19.9 Å². The number of aryl methyl sites for hydroxylation is 1. The molecule has 0 radical (unpaired) electrons. The lowest BCUT2D eigenvalue weighted by Gasteiger charge is -2.03. The average molecular weight is 234 g/mol. The molecule has 0 saturated heterocycles. The van der Waals surface area contributed by atoms with Crippen LogP contribution in [-0.2, 0) is 4.74 Å². The van der Waals surface area contributed by atoms with Crippen LogP contribution >= 0.6 is 0 Å². The normalized spacial score (nSPS) is 10.5. The first-order valence-corrected chi connectivity index (χ1v) is 5.38. The molecule has 2 aromatic rings. The maximum absolute atomic E-state index is 11.8. The van der Waals surface area contributed by atoms with E-state index in [-0.39, 0.29) is 5.97 Å². The Kier molecular flexibility index (Phi) is 2.99. The van der Waals surface area contributed by atoms with Gasteiger partial charge in [-0.2, -0.15) is 9.61 Å². The molecular weight excluding hydrogens is 220 g/mol. The van der Waals surface area contributed by atoms with Crippen LogP contribution in [0.3, 0.4) is 0 Å². The Hall–Kier alpha value is -2.04. The zero-order valence-electron chi connectivity index (χ0n) is 10.1. The number of methoxy groups -OCH3 is 1. The second-order valence-electron chi connectivity index (χ2n) is 3.55. The molecule has 0 atom stereocenters. The summed E-state index contributed by atoms with van der Waals surface area (Å²) in [5, 5.41) is 4.28. The summed E-state index contributed by atoms with van der Waals surface area (Å²) < 4.78 is 11.8. The molecule has 0 unspecified atom stereocenters. The molecule has 5 heteroatoms. The summed E-state index contributed by atoms with van der Waals surface area (Å²) in [5.74, 6) is 0.231. The van der Waals surface area contributed by atoms with Crippen LogP contribution in [0, 0.1) is 6.92 Å². The molecule has 0 spiro atoms. The first-order chi connectivity index (χ1) is 8.19. The molecule has 2 heterocycles. The van der Waals surface area contributed by atoms with Crippen molar-refractivity contribution in [3.63, 3.8) is 0 Å². The number of esters is 1. The van der Waals surface area contributed by atoms with Crippen molar-refractivity contribution in [1.29, 1.82) is 0 Å². The SMILES string of the molecule is CCOC(=O)c1c(C)nn2c(OC)cccc12. The summed E-state index contributed by atoms with van der Waals surface area (Å²) in [4.78, 5) is 11.8. The lowest BCUT2D eigenvalue weighted by atomic mass is 10.2. The average Bonchev–Trinajstić information content (AvgIpc) is 2.65. The van der Waals surface area contributed by atoms with Crippen molar-refractivity contribution in [3.8, 4) is 5.88 Å². The van der Waals surface area contributed by atoms with Crippen LogP contribution in [0.2, 0.25) is 0 Å². The monoisotopic (exact) mass is 234 g/mol. The smallest absolute Gasteiger partial charge is 0.342 e. The van der Waals surface area contributed by atoms with E-state index < -0.39 is 0 Å². The molecule has 2 aromatic heterocycles. The van der Waals surface area contributed by atoms with Crippen molar-refractivity contribution in [2.24, 2.45) is 0 Å². The molecule has 17 heavy (non-hydrogen) atoms. The number of nitrogens with zero attached hydrogens (tertiary/aromatic N) is 2. The van der Waals surface area contributed by atoms with Crippen LogP contribution < -0.4 is 4.74 Å². The highest BCUT2D eigenvalue weighted by molar-refractivity contribution is 5.98. The number of carbonyl (C=O) groups excluding carboxylic acids is 1. The number of fused-ring (bicyclic) bond motifs is 1. The van der Waals surface area contributed by atoms with Crippen molar-refractivity contribution >= 4 is 11.5 Å². The van der Waals surface area contributed by atoms with Crippen LogP contribution in [0.1, 0.15) is 23.0 Å². The summed E-state index contributed by atoms with van der Waals surface area (Å²) >= 11 is 0. The van der Waals surface area contributed by atoms with Gasteiger partial charge in [0, 0.05) is 6.07 Å². The van der Waals surface area contributed by atoms with Crippen LogP contribution in [0.15, 0.2) is 18.2 Å². The van der Waals surface area contributed by atoms with Crippen LogP contribution in [-0.4, -0.2) is 29.3 Å². The third-order valence-electron chi connectivity index (χ3n) is 2.49. The number of hydrogen-bond donors (Lipinski definition) is 0. The molecule has 5 nitrogen and oxygen atoms in total. The first-order valence-electron chi connectivity index (χ1n) is 5.38. The van der Waals surface area contributed by atoms with Crippen molar-refractivity contribution in [2.75, 3.05) is 13.7 Å². The molecule has 0 fully saturated rings. The number of hydrogen-bond acceptors (Lipinski definition) is 4. The molecule has 0 aliphatic carbocycles. The van der Waals surface area contributed by atoms with E-state index in [1.165, 1.54) is 0 Å². The quantitative estimate of drug-likeness (QED) is 0.760. The Morgan fingerprint density at radius 3 is 2.88 bits per heavy atom. The van der Waals surface area contributed by atoms with Gasteiger partial charge in [0.15, 0.2) is 0 Å². The summed E-state index contributed by atoms with van der Waals surface area (Å²) in [7, 11) is 1.57. The Labute approximate surface area is 99.0 Å². The molecule has 0 bridgehead atoms. The van der Waals surface area contributed by atoms with E-state index in [2.05, 4.69) is 5.10 Å². The molecule has 90 valence electrons. The second kappa shape index (κ2) is 4.45. The number of rotatable bonds is 3. The molecule has 0 aliphatic rings. The summed E-state index contributed by atoms with van der Waals surface area (Å²) in [6, 6.07) is 5.42. The topological polar surface area (TPSA) is 52.8 Å². The predicted octanol–water partition coefficient (Wildman–Crippen LogP) is 1.83. The van der Waals surface area contributed by atoms with Gasteiger partial charge in [0.1, 0.15) is 5.56 Å². The van der Waals surface area contributed by atoms with E-state index in [9.17, 15) is 4.79 Å². The fourth-order valence-corrected chi connectivity index (χ4v) is 1.77. The molecule has 0 amide bonds. The zero-order valence-corrected chi connectivity index (χ0v) is 10.1. The molecule has 2 rings (SSSR count). The van der Waals surface area contributed by atoms with Gasteiger partial charge in [0.25, 0.3) is 0 Å². The third-order valence-corrected chi connectivity index (χ3v) is 2.49. The predicted molar refractivity (Wildman–Crippen MR) is 62.4 cm³/mol. The van der Waals surface area contributed by atoms with Crippen LogP contribution in [0.4, 0.5) is 0 Å². The van der Waals surface area contributed by atoms with Gasteiger partial charge in [0.2, 0.25) is 5.88 Å². The molecule has 0 aromatic carbocycles. The maximum atomic E-state index is 11.8. The zero-order chi connectivity index (χ0) is 12.4. The van der Waals surface area contributed by atoms with Crippen molar-refractivity contribution in [1.82, 2.24) is 9.61 Å². The number of carbonyl (C=O) groups is 1. The van der Waals surface area contributed by atoms with Gasteiger partial charge < -0.3 is 9.47 Å². The fourth-order valence-electron chi connectivity index (χ4n) is 1.77. The van der Waals surface area contributed by atoms with Gasteiger partial charge in [-0.15, -0.1) is 0 Å². The number of aromatic nitrogens is 2. The Bertz CT molecular complexity index is 560. The van der Waals surface area contributed by atoms with E-state index in [0.717, 1.165) is 0 Å². The van der Waals surface area contributed by atoms with E-state index in [1.54, 1.807) is 31.5 Å². The van der Waals surface area contributed by atoms with E-state index >= 15 is 0 Å². The molecule has 0 aliphatic heterocycles. The molecule has 0 N–H and O–H groups in total. The molecule has 0 saturated carbocycles. The van der Waals surface area contributed by atoms with E-state index in [1.807, 2.05) is 12.1 Å². The standard InChI is InChI=1S/C12H14N2O3/c1-4-17-12(15)11-8(2)13-14-9(11)6-5-7-10(14)16-3/h5-7H,4H2,1-3H3. The van der Waals surface area contributed by atoms with Crippen molar-refractivity contribution in [2.45, 2.75) is 13.8 Å². The van der Waals surface area contributed by atoms with Gasteiger partial charge in [-0.3, -0.25) is 0 Å². The highest BCUT2D eigenvalue weighted by Crippen LogP contribution is 2.21. The van der Waals surface area contributed by atoms with Gasteiger partial charge in [0.05, 0.1) is 24.9 Å². The van der Waals surface area contributed by atoms with E-state index in [4.69, 9.17) is 9.47 Å². The van der Waals surface area contributed by atoms with Crippen molar-refractivity contribution < 1.29 is 14.3 Å². The van der Waals surface area contributed by atoms with Gasteiger partial charge in [-0.1, -0.05) is 6.07 Å². The minimum absolute atomic E-state index is 0.347. The lowest BCUT2D eigenvalue weighted by molar-refractivity contribution is 0.0528. The summed E-state index contributed by atoms with van der Waals surface area (Å²) in [6.45, 7) is 3.90. The van der Waals surface area contributed by atoms with Gasteiger partial charge in [-0.25, -0.2) is 4.79 Å². The summed E-state index contributed by atoms with van der Waals surface area (Å²) in [6.07, 6.45) is 0.